The van der Waals surface area contributed by atoms with E-state index < -0.39 is 12.6 Å². The second kappa shape index (κ2) is 12.7. The summed E-state index contributed by atoms with van der Waals surface area (Å²) in [7, 11) is 0. The van der Waals surface area contributed by atoms with Crippen molar-refractivity contribution in [2.24, 2.45) is 5.73 Å². The van der Waals surface area contributed by atoms with E-state index in [1.165, 1.54) is 6.07 Å². The Kier molecular flexibility index (Phi) is 9.21. The Hall–Kier alpha value is -4.37. The van der Waals surface area contributed by atoms with Crippen LogP contribution in [0.2, 0.25) is 0 Å². The molecule has 3 N–H and O–H groups in total. The van der Waals surface area contributed by atoms with Gasteiger partial charge in [0.2, 0.25) is 5.91 Å². The molecule has 4 aromatic rings. The van der Waals surface area contributed by atoms with Crippen LogP contribution in [0.3, 0.4) is 0 Å². The van der Waals surface area contributed by atoms with Gasteiger partial charge in [-0.2, -0.15) is 0 Å². The first kappa shape index (κ1) is 30.6. The van der Waals surface area contributed by atoms with Gasteiger partial charge in [0.25, 0.3) is 5.56 Å². The summed E-state index contributed by atoms with van der Waals surface area (Å²) in [6, 6.07) is 10.5. The van der Waals surface area contributed by atoms with Crippen molar-refractivity contribution in [1.29, 1.82) is 0 Å². The molecule has 220 valence electrons. The summed E-state index contributed by atoms with van der Waals surface area (Å²) >= 11 is 0. The van der Waals surface area contributed by atoms with Crippen LogP contribution in [0.1, 0.15) is 69.6 Å². The number of halogens is 1. The van der Waals surface area contributed by atoms with Gasteiger partial charge in [0, 0.05) is 22.6 Å². The first-order valence-corrected chi connectivity index (χ1v) is 14.1. The molecule has 2 aliphatic rings. The molecule has 6 rings (SSSR count). The van der Waals surface area contributed by atoms with Crippen molar-refractivity contribution in [2.45, 2.75) is 67.0 Å². The number of carbonyl (C=O) groups excluding carboxylic acids is 2. The summed E-state index contributed by atoms with van der Waals surface area (Å²) in [6.07, 6.45) is 2.65. The third kappa shape index (κ3) is 5.69. The van der Waals surface area contributed by atoms with E-state index in [1.807, 2.05) is 45.9 Å². The van der Waals surface area contributed by atoms with E-state index in [4.69, 9.17) is 20.6 Å². The van der Waals surface area contributed by atoms with Crippen molar-refractivity contribution in [3.05, 3.63) is 97.1 Å². The fraction of sp³-hybridized carbons (Fsp3) is 0.333. The average molecular weight is 574 g/mol. The van der Waals surface area contributed by atoms with Crippen LogP contribution in [0.15, 0.2) is 41.2 Å². The zero-order valence-corrected chi connectivity index (χ0v) is 24.6. The quantitative estimate of drug-likeness (QED) is 0.297. The molecule has 8 nitrogen and oxygen atoms in total. The molecule has 0 fully saturated rings. The van der Waals surface area contributed by atoms with Gasteiger partial charge in [-0.15, -0.1) is 0 Å². The first-order chi connectivity index (χ1) is 20.1. The van der Waals surface area contributed by atoms with Gasteiger partial charge >= 0.3 is 5.97 Å². The summed E-state index contributed by atoms with van der Waals surface area (Å²) in [5.74, 6) is -1.39. The third-order valence-electron chi connectivity index (χ3n) is 7.69. The molecule has 0 spiro atoms. The molecular formula is C33H36FN3O5. The molecule has 2 aromatic carbocycles. The van der Waals surface area contributed by atoms with E-state index in [0.717, 1.165) is 52.6 Å². The van der Waals surface area contributed by atoms with Crippen LogP contribution in [-0.4, -0.2) is 33.1 Å². The number of rotatable bonds is 4. The Morgan fingerprint density at radius 2 is 1.71 bits per heavy atom. The number of nitrogens with zero attached hydrogens (tertiary/aromatic N) is 2. The highest BCUT2D eigenvalue weighted by molar-refractivity contribution is 5.93. The highest BCUT2D eigenvalue weighted by atomic mass is 19.1. The second-order valence-electron chi connectivity index (χ2n) is 10.3. The largest absolute Gasteiger partial charge is 0.459 e. The Labute approximate surface area is 244 Å². The van der Waals surface area contributed by atoms with Gasteiger partial charge in [0.05, 0.1) is 29.0 Å². The number of ether oxygens (including phenoxy) is 1. The van der Waals surface area contributed by atoms with Gasteiger partial charge in [-0.1, -0.05) is 31.5 Å². The summed E-state index contributed by atoms with van der Waals surface area (Å²) in [5.41, 5.74) is 13.5. The average Bonchev–Trinajstić information content (AvgIpc) is 3.35. The lowest BCUT2D eigenvalue weighted by atomic mass is 9.85. The summed E-state index contributed by atoms with van der Waals surface area (Å²) in [4.78, 5) is 39.8. The highest BCUT2D eigenvalue weighted by Gasteiger charge is 2.30. The minimum atomic E-state index is -0.773. The molecule has 3 heterocycles. The molecule has 0 saturated heterocycles. The topological polar surface area (TPSA) is 125 Å². The molecule has 0 bridgehead atoms. The molecule has 9 heteroatoms. The number of primary amides is 1. The van der Waals surface area contributed by atoms with Crippen molar-refractivity contribution < 1.29 is 23.8 Å². The smallest absolute Gasteiger partial charge is 0.332 e. The van der Waals surface area contributed by atoms with Crippen LogP contribution in [0.4, 0.5) is 4.39 Å². The SMILES string of the molecule is CC.Cc1cc2n(c(=O)c1COC(=O)CO)Cc1c-2nc2cc(F)c(C)c3c2c1CCC3.Cc1ccc(C(N)=O)cc1. The Morgan fingerprint density at radius 1 is 1.05 bits per heavy atom. The van der Waals surface area contributed by atoms with E-state index in [-0.39, 0.29) is 23.9 Å². The standard InChI is InChI=1S/C23H21FN2O4.C8H9NO.C2H6/c1-11-6-19-22-15(8-26(19)23(29)16(11)10-30-20(28)9-27)14-5-3-4-13-12(2)17(24)7-18(25-22)21(13)14;1-6-2-4-7(5-3-6)8(9)10;1-2/h6-7,27H,3-5,8-10H2,1-2H3;2-5H,1H3,(H2,9,10);1-2H3. The van der Waals surface area contributed by atoms with E-state index >= 15 is 0 Å². The summed E-state index contributed by atoms with van der Waals surface area (Å²) in [6.45, 7) is 9.06. The van der Waals surface area contributed by atoms with Crippen LogP contribution in [-0.2, 0) is 35.5 Å². The minimum absolute atomic E-state index is 0.183. The maximum Gasteiger partial charge on any atom is 0.332 e. The predicted octanol–water partition coefficient (Wildman–Crippen LogP) is 4.83. The highest BCUT2D eigenvalue weighted by Crippen LogP contribution is 2.41. The molecule has 0 saturated carbocycles. The lowest BCUT2D eigenvalue weighted by Gasteiger charge is -2.21. The van der Waals surface area contributed by atoms with Gasteiger partial charge in [-0.25, -0.2) is 14.2 Å². The van der Waals surface area contributed by atoms with Gasteiger partial charge in [-0.3, -0.25) is 9.59 Å². The Morgan fingerprint density at radius 3 is 2.36 bits per heavy atom. The molecule has 1 amide bonds. The second-order valence-corrected chi connectivity index (χ2v) is 10.3. The predicted molar refractivity (Wildman–Crippen MR) is 160 cm³/mol. The molecule has 0 unspecified atom stereocenters. The van der Waals surface area contributed by atoms with Crippen molar-refractivity contribution >= 4 is 22.8 Å². The van der Waals surface area contributed by atoms with Gasteiger partial charge in [0.15, 0.2) is 0 Å². The number of aryl methyl sites for hydroxylation is 4. The Balaban J connectivity index is 0.000000285. The molecule has 0 radical (unpaired) electrons. The lowest BCUT2D eigenvalue weighted by Crippen LogP contribution is -2.25. The van der Waals surface area contributed by atoms with Crippen LogP contribution in [0.25, 0.3) is 22.3 Å². The van der Waals surface area contributed by atoms with Crippen LogP contribution in [0.5, 0.6) is 0 Å². The van der Waals surface area contributed by atoms with Crippen LogP contribution >= 0.6 is 0 Å². The first-order valence-electron chi connectivity index (χ1n) is 14.1. The van der Waals surface area contributed by atoms with E-state index in [0.29, 0.717) is 40.0 Å². The third-order valence-corrected chi connectivity index (χ3v) is 7.69. The number of nitrogens with two attached hydrogens (primary N) is 1. The normalized spacial score (nSPS) is 12.4. The number of aromatic nitrogens is 2. The van der Waals surface area contributed by atoms with Crippen molar-refractivity contribution in [3.8, 4) is 11.4 Å². The number of hydrogen-bond donors (Lipinski definition) is 2. The van der Waals surface area contributed by atoms with E-state index in [9.17, 15) is 18.8 Å². The zero-order chi connectivity index (χ0) is 30.7. The number of aliphatic hydroxyl groups is 1. The monoisotopic (exact) mass is 573 g/mol. The number of carbonyl (C=O) groups is 2. The number of amides is 1. The number of benzene rings is 2. The molecule has 2 aromatic heterocycles. The maximum absolute atomic E-state index is 14.5. The van der Waals surface area contributed by atoms with Gasteiger partial charge in [0.1, 0.15) is 19.0 Å². The van der Waals surface area contributed by atoms with Crippen molar-refractivity contribution in [2.75, 3.05) is 6.61 Å². The number of aliphatic hydroxyl groups excluding tert-OH is 1. The van der Waals surface area contributed by atoms with Gasteiger partial charge < -0.3 is 20.1 Å². The van der Waals surface area contributed by atoms with E-state index in [2.05, 4.69) is 0 Å². The molecule has 1 aliphatic heterocycles. The summed E-state index contributed by atoms with van der Waals surface area (Å²) in [5, 5.41) is 9.88. The minimum Gasteiger partial charge on any atom is -0.459 e. The number of fused-ring (bicyclic) bond motifs is 4. The maximum atomic E-state index is 14.5. The zero-order valence-electron chi connectivity index (χ0n) is 24.6. The van der Waals surface area contributed by atoms with Gasteiger partial charge in [-0.05, 0) is 80.5 Å². The molecular weight excluding hydrogens is 537 g/mol. The van der Waals surface area contributed by atoms with Crippen molar-refractivity contribution in [1.82, 2.24) is 9.55 Å². The number of esters is 1. The Bertz CT molecular complexity index is 1740. The summed E-state index contributed by atoms with van der Waals surface area (Å²) < 4.78 is 21.1. The molecule has 1 aliphatic carbocycles. The fourth-order valence-corrected chi connectivity index (χ4v) is 5.52. The van der Waals surface area contributed by atoms with Crippen LogP contribution < -0.4 is 11.3 Å². The molecule has 0 atom stereocenters. The molecule has 42 heavy (non-hydrogen) atoms. The number of hydrogen-bond acceptors (Lipinski definition) is 6. The fourth-order valence-electron chi connectivity index (χ4n) is 5.52. The van der Waals surface area contributed by atoms with Crippen molar-refractivity contribution in [3.63, 3.8) is 0 Å². The van der Waals surface area contributed by atoms with Crippen LogP contribution in [0, 0.1) is 26.6 Å². The number of pyridine rings is 2. The lowest BCUT2D eigenvalue weighted by molar-refractivity contribution is -0.148. The van der Waals surface area contributed by atoms with E-state index in [1.54, 1.807) is 23.6 Å².